The van der Waals surface area contributed by atoms with Gasteiger partial charge in [0.2, 0.25) is 0 Å². The first-order valence-electron chi connectivity index (χ1n) is 13.2. The highest BCUT2D eigenvalue weighted by atomic mass is 16.3. The second kappa shape index (κ2) is 9.98. The summed E-state index contributed by atoms with van der Waals surface area (Å²) < 4.78 is 0. The monoisotopic (exact) mass is 540 g/mol. The van der Waals surface area contributed by atoms with E-state index in [-0.39, 0.29) is 28.1 Å². The molecule has 10 nitrogen and oxygen atoms in total. The Labute approximate surface area is 229 Å². The van der Waals surface area contributed by atoms with Gasteiger partial charge in [0.05, 0.1) is 17.5 Å². The van der Waals surface area contributed by atoms with Gasteiger partial charge in [-0.25, -0.2) is 0 Å². The van der Waals surface area contributed by atoms with Crippen LogP contribution in [0.4, 0.5) is 5.69 Å². The van der Waals surface area contributed by atoms with Gasteiger partial charge in [-0.1, -0.05) is 20.8 Å². The van der Waals surface area contributed by atoms with E-state index in [0.717, 1.165) is 11.3 Å². The largest absolute Gasteiger partial charge is 0.510 e. The molecule has 0 heterocycles. The Hall–Kier alpha value is -3.37. The summed E-state index contributed by atoms with van der Waals surface area (Å²) in [6.07, 6.45) is 0.685. The molecule has 1 amide bonds. The van der Waals surface area contributed by atoms with Gasteiger partial charge >= 0.3 is 0 Å². The van der Waals surface area contributed by atoms with Crippen LogP contribution in [0.5, 0.6) is 5.75 Å². The van der Waals surface area contributed by atoms with E-state index < -0.39 is 52.6 Å². The molecule has 0 radical (unpaired) electrons. The number of fused-ring (bicyclic) bond motifs is 3. The Bertz CT molecular complexity index is 1300. The molecule has 1 fully saturated rings. The van der Waals surface area contributed by atoms with Gasteiger partial charge in [0, 0.05) is 44.0 Å². The summed E-state index contributed by atoms with van der Waals surface area (Å²) in [6, 6.07) is 1.14. The van der Waals surface area contributed by atoms with Gasteiger partial charge in [0.1, 0.15) is 22.8 Å². The van der Waals surface area contributed by atoms with Crippen LogP contribution in [-0.4, -0.2) is 78.5 Å². The lowest BCUT2D eigenvalue weighted by molar-refractivity contribution is -0.136. The molecular weight excluding hydrogens is 500 g/mol. The van der Waals surface area contributed by atoms with Crippen LogP contribution < -0.4 is 16.0 Å². The normalized spacial score (nSPS) is 25.0. The molecule has 3 aliphatic carbocycles. The van der Waals surface area contributed by atoms with Crippen LogP contribution in [0.1, 0.15) is 43.9 Å². The molecule has 0 spiro atoms. The van der Waals surface area contributed by atoms with E-state index in [1.807, 2.05) is 25.1 Å². The highest BCUT2D eigenvalue weighted by Gasteiger charge is 2.55. The summed E-state index contributed by atoms with van der Waals surface area (Å²) in [5, 5.41) is 37.1. The van der Waals surface area contributed by atoms with Gasteiger partial charge < -0.3 is 31.3 Å². The summed E-state index contributed by atoms with van der Waals surface area (Å²) in [5.74, 6) is -5.68. The molecule has 0 aliphatic heterocycles. The summed E-state index contributed by atoms with van der Waals surface area (Å²) in [4.78, 5) is 43.0. The maximum absolute atomic E-state index is 13.9. The van der Waals surface area contributed by atoms with Crippen molar-refractivity contribution in [2.24, 2.45) is 28.9 Å². The molecule has 1 aromatic carbocycles. The minimum Gasteiger partial charge on any atom is -0.510 e. The minimum atomic E-state index is -1.27. The van der Waals surface area contributed by atoms with Crippen LogP contribution in [0.15, 0.2) is 23.0 Å². The number of phenols is 1. The second-order valence-electron chi connectivity index (χ2n) is 12.6. The number of carbonyl (C=O) groups is 3. The Kier molecular flexibility index (Phi) is 7.33. The zero-order valence-electron chi connectivity index (χ0n) is 23.8. The zero-order chi connectivity index (χ0) is 29.1. The number of aromatic hydroxyl groups is 1. The molecule has 212 valence electrons. The molecule has 10 heteroatoms. The molecule has 4 atom stereocenters. The van der Waals surface area contributed by atoms with E-state index in [9.17, 15) is 29.7 Å². The number of anilines is 1. The summed E-state index contributed by atoms with van der Waals surface area (Å²) in [7, 11) is 7.17. The summed E-state index contributed by atoms with van der Waals surface area (Å²) >= 11 is 0. The quantitative estimate of drug-likeness (QED) is 0.269. The van der Waals surface area contributed by atoms with Gasteiger partial charge in [-0.2, -0.15) is 0 Å². The van der Waals surface area contributed by atoms with Crippen molar-refractivity contribution in [3.05, 3.63) is 39.7 Å². The van der Waals surface area contributed by atoms with Crippen LogP contribution in [0.2, 0.25) is 0 Å². The van der Waals surface area contributed by atoms with Crippen molar-refractivity contribution < 1.29 is 29.7 Å². The Balaban J connectivity index is 1.85. The topological polar surface area (TPSA) is 156 Å². The molecule has 0 aromatic heterocycles. The second-order valence-corrected chi connectivity index (χ2v) is 12.6. The lowest BCUT2D eigenvalue weighted by Crippen LogP contribution is -2.55. The lowest BCUT2D eigenvalue weighted by atomic mass is 9.59. The molecule has 0 saturated heterocycles. The van der Waals surface area contributed by atoms with E-state index in [1.165, 1.54) is 0 Å². The van der Waals surface area contributed by atoms with Crippen LogP contribution in [0, 0.1) is 23.2 Å². The number of nitrogens with one attached hydrogen (secondary N) is 1. The first-order chi connectivity index (χ1) is 18.1. The number of Topliss-reactive ketones (excluding diaryl/α,β-unsaturated/α-hetero) is 2. The zero-order valence-corrected chi connectivity index (χ0v) is 23.8. The number of ketones is 2. The average molecular weight is 541 g/mol. The van der Waals surface area contributed by atoms with Crippen molar-refractivity contribution >= 4 is 28.9 Å². The van der Waals surface area contributed by atoms with E-state index in [2.05, 4.69) is 26.1 Å². The van der Waals surface area contributed by atoms with Crippen molar-refractivity contribution in [3.63, 3.8) is 0 Å². The number of hydrogen-bond donors (Lipinski definition) is 5. The number of phenolic OH excluding ortho intramolecular Hbond substituents is 1. The van der Waals surface area contributed by atoms with Crippen molar-refractivity contribution in [2.45, 2.75) is 46.2 Å². The highest BCUT2D eigenvalue weighted by molar-refractivity contribution is 6.28. The number of benzene rings is 1. The molecule has 3 aliphatic rings. The van der Waals surface area contributed by atoms with E-state index in [4.69, 9.17) is 5.73 Å². The Morgan fingerprint density at radius 3 is 2.28 bits per heavy atom. The number of rotatable bonds is 6. The molecule has 0 bridgehead atoms. The number of carbonyl (C=O) groups excluding carboxylic acids is 3. The number of aliphatic hydroxyl groups is 2. The predicted octanol–water partition coefficient (Wildman–Crippen LogP) is 2.05. The van der Waals surface area contributed by atoms with Crippen LogP contribution in [0.25, 0.3) is 5.76 Å². The number of likely N-dealkylation sites (N-methyl/N-ethyl adjacent to an activating group) is 1. The fraction of sp³-hybridized carbons (Fsp3) is 0.552. The molecule has 1 saturated carbocycles. The third-order valence-electron chi connectivity index (χ3n) is 8.07. The van der Waals surface area contributed by atoms with Gasteiger partial charge in [-0.3, -0.25) is 19.3 Å². The molecular formula is C29H40N4O6. The van der Waals surface area contributed by atoms with E-state index in [0.29, 0.717) is 31.5 Å². The highest BCUT2D eigenvalue weighted by Crippen LogP contribution is 2.52. The van der Waals surface area contributed by atoms with Crippen molar-refractivity contribution in [3.8, 4) is 5.75 Å². The van der Waals surface area contributed by atoms with Crippen molar-refractivity contribution in [1.29, 1.82) is 0 Å². The fourth-order valence-corrected chi connectivity index (χ4v) is 6.47. The number of allylic oxidation sites excluding steroid dienone is 1. The first-order valence-corrected chi connectivity index (χ1v) is 13.2. The average Bonchev–Trinajstić information content (AvgIpc) is 2.78. The third-order valence-corrected chi connectivity index (χ3v) is 8.07. The van der Waals surface area contributed by atoms with Gasteiger partial charge in [0.15, 0.2) is 11.6 Å². The predicted molar refractivity (Wildman–Crippen MR) is 148 cm³/mol. The summed E-state index contributed by atoms with van der Waals surface area (Å²) in [6.45, 7) is 7.36. The minimum absolute atomic E-state index is 0.0280. The van der Waals surface area contributed by atoms with Gasteiger partial charge in [-0.05, 0) is 55.8 Å². The van der Waals surface area contributed by atoms with Crippen LogP contribution >= 0.6 is 0 Å². The molecule has 6 N–H and O–H groups in total. The molecule has 1 unspecified atom stereocenters. The van der Waals surface area contributed by atoms with Crippen LogP contribution in [0.3, 0.4) is 0 Å². The maximum atomic E-state index is 13.9. The van der Waals surface area contributed by atoms with Gasteiger partial charge in [-0.15, -0.1) is 0 Å². The maximum Gasteiger partial charge on any atom is 0.255 e. The van der Waals surface area contributed by atoms with E-state index >= 15 is 0 Å². The molecule has 1 aromatic rings. The lowest BCUT2D eigenvalue weighted by Gasteiger charge is -2.46. The number of aliphatic hydroxyl groups excluding tert-OH is 2. The number of primary amides is 1. The molecule has 39 heavy (non-hydrogen) atoms. The SMILES string of the molecule is CN(C)c1cc(CNCC(C)(C)C)c(O)c2c1C[C@H]1C[C@@H]3C(C(=O)C(C(N)=O)=C(O)[C@H]3N(C)C)C(=O)C1=C2O. The first kappa shape index (κ1) is 28.6. The summed E-state index contributed by atoms with van der Waals surface area (Å²) in [5.41, 5.74) is 7.30. The third kappa shape index (κ3) is 4.80. The van der Waals surface area contributed by atoms with Crippen molar-refractivity contribution in [1.82, 2.24) is 10.2 Å². The standard InChI is InChI=1S/C29H40N4O6/c1-29(2,3)12-31-11-14-10-17(32(4)5)15-8-13-9-16-20(25(36)18(13)24(35)19(15)23(14)34)26(37)21(28(30)39)27(38)22(16)33(6)7/h10,13,16,20,22,31,34-35,38H,8-9,11-12H2,1-7H3,(H2,30,39)/t13-,16+,20?,22-/m0/s1. The number of nitrogens with zero attached hydrogens (tertiary/aromatic N) is 2. The number of amides is 1. The van der Waals surface area contributed by atoms with Crippen LogP contribution in [-0.2, 0) is 27.3 Å². The number of nitrogens with two attached hydrogens (primary N) is 1. The van der Waals surface area contributed by atoms with E-state index in [1.54, 1.807) is 19.0 Å². The smallest absolute Gasteiger partial charge is 0.255 e. The number of hydrogen-bond acceptors (Lipinski definition) is 9. The van der Waals surface area contributed by atoms with Gasteiger partial charge in [0.25, 0.3) is 5.91 Å². The molecule has 4 rings (SSSR count). The fourth-order valence-electron chi connectivity index (χ4n) is 6.47. The van der Waals surface area contributed by atoms with Crippen molar-refractivity contribution in [2.75, 3.05) is 39.6 Å². The Morgan fingerprint density at radius 1 is 1.10 bits per heavy atom. The Morgan fingerprint density at radius 2 is 1.74 bits per heavy atom.